The first kappa shape index (κ1) is 15.9. The summed E-state index contributed by atoms with van der Waals surface area (Å²) in [5.41, 5.74) is 1.06. The molecular formula is C15H19N3O4. The Bertz CT molecular complexity index is 731. The van der Waals surface area contributed by atoms with Gasteiger partial charge < -0.3 is 14.2 Å². The van der Waals surface area contributed by atoms with Crippen molar-refractivity contribution >= 4 is 5.97 Å². The second kappa shape index (κ2) is 6.55. The molecular weight excluding hydrogens is 286 g/mol. The van der Waals surface area contributed by atoms with E-state index in [9.17, 15) is 9.59 Å². The highest BCUT2D eigenvalue weighted by Crippen LogP contribution is 2.14. The van der Waals surface area contributed by atoms with Crippen LogP contribution in [0, 0.1) is 12.8 Å². The molecule has 0 saturated carbocycles. The zero-order valence-electron chi connectivity index (χ0n) is 12.9. The second-order valence-electron chi connectivity index (χ2n) is 5.60. The van der Waals surface area contributed by atoms with Gasteiger partial charge in [-0.15, -0.1) is 0 Å². The highest BCUT2D eigenvalue weighted by Gasteiger charge is 2.15. The summed E-state index contributed by atoms with van der Waals surface area (Å²) in [4.78, 5) is 27.2. The van der Waals surface area contributed by atoms with E-state index in [0.717, 1.165) is 5.69 Å². The Morgan fingerprint density at radius 1 is 1.41 bits per heavy atom. The summed E-state index contributed by atoms with van der Waals surface area (Å²) < 4.78 is 6.69. The molecule has 0 saturated heterocycles. The standard InChI is InChI=1S/C15H19N3O4/c1-9(2)8-18-10(3)4-5-11(15(18)21)14-16-12(22-17-14)6-7-13(19)20/h4-5,9H,6-8H2,1-3H3,(H,19,20). The lowest BCUT2D eigenvalue weighted by Gasteiger charge is -2.12. The first-order valence-corrected chi connectivity index (χ1v) is 7.13. The van der Waals surface area contributed by atoms with Crippen molar-refractivity contribution in [2.75, 3.05) is 0 Å². The van der Waals surface area contributed by atoms with E-state index in [4.69, 9.17) is 9.63 Å². The Labute approximate surface area is 127 Å². The molecule has 7 nitrogen and oxygen atoms in total. The van der Waals surface area contributed by atoms with Crippen LogP contribution in [0.4, 0.5) is 0 Å². The zero-order valence-corrected chi connectivity index (χ0v) is 12.9. The maximum Gasteiger partial charge on any atom is 0.303 e. The van der Waals surface area contributed by atoms with Gasteiger partial charge in [-0.2, -0.15) is 4.98 Å². The van der Waals surface area contributed by atoms with Gasteiger partial charge in [-0.25, -0.2) is 0 Å². The van der Waals surface area contributed by atoms with Gasteiger partial charge >= 0.3 is 5.97 Å². The molecule has 118 valence electrons. The van der Waals surface area contributed by atoms with Crippen molar-refractivity contribution in [2.24, 2.45) is 5.92 Å². The van der Waals surface area contributed by atoms with Gasteiger partial charge in [0.1, 0.15) is 0 Å². The summed E-state index contributed by atoms with van der Waals surface area (Å²) >= 11 is 0. The number of aliphatic carboxylic acids is 1. The van der Waals surface area contributed by atoms with Crippen LogP contribution >= 0.6 is 0 Å². The Morgan fingerprint density at radius 2 is 2.14 bits per heavy atom. The number of rotatable bonds is 6. The first-order chi connectivity index (χ1) is 10.4. The van der Waals surface area contributed by atoms with Crippen molar-refractivity contribution in [3.8, 4) is 11.4 Å². The molecule has 0 unspecified atom stereocenters. The molecule has 0 radical (unpaired) electrons. The number of hydrogen-bond donors (Lipinski definition) is 1. The number of carbonyl (C=O) groups is 1. The van der Waals surface area contributed by atoms with Crippen LogP contribution in [-0.2, 0) is 17.8 Å². The fourth-order valence-electron chi connectivity index (χ4n) is 2.11. The van der Waals surface area contributed by atoms with E-state index in [1.54, 1.807) is 10.6 Å². The minimum Gasteiger partial charge on any atom is -0.481 e. The highest BCUT2D eigenvalue weighted by molar-refractivity contribution is 5.66. The van der Waals surface area contributed by atoms with E-state index in [1.807, 2.05) is 26.8 Å². The minimum atomic E-state index is -0.936. The third-order valence-corrected chi connectivity index (χ3v) is 3.20. The highest BCUT2D eigenvalue weighted by atomic mass is 16.5. The fourth-order valence-corrected chi connectivity index (χ4v) is 2.11. The number of aryl methyl sites for hydroxylation is 2. The predicted molar refractivity (Wildman–Crippen MR) is 79.5 cm³/mol. The van der Waals surface area contributed by atoms with Crippen LogP contribution in [0.1, 0.15) is 31.9 Å². The summed E-state index contributed by atoms with van der Waals surface area (Å²) in [6.45, 7) is 6.57. The third-order valence-electron chi connectivity index (χ3n) is 3.20. The normalized spacial score (nSPS) is 11.1. The van der Waals surface area contributed by atoms with Crippen LogP contribution in [0.25, 0.3) is 11.4 Å². The Balaban J connectivity index is 2.33. The Hall–Kier alpha value is -2.44. The molecule has 0 aliphatic rings. The van der Waals surface area contributed by atoms with Crippen molar-refractivity contribution in [1.29, 1.82) is 0 Å². The van der Waals surface area contributed by atoms with Crippen molar-refractivity contribution in [1.82, 2.24) is 14.7 Å². The molecule has 2 heterocycles. The van der Waals surface area contributed by atoms with Gasteiger partial charge in [0.2, 0.25) is 11.7 Å². The molecule has 0 atom stereocenters. The maximum absolute atomic E-state index is 12.5. The molecule has 1 N–H and O–H groups in total. The molecule has 0 fully saturated rings. The topological polar surface area (TPSA) is 98.2 Å². The van der Waals surface area contributed by atoms with Gasteiger partial charge in [0.15, 0.2) is 0 Å². The lowest BCUT2D eigenvalue weighted by Crippen LogP contribution is -2.25. The summed E-state index contributed by atoms with van der Waals surface area (Å²) in [7, 11) is 0. The Morgan fingerprint density at radius 3 is 2.77 bits per heavy atom. The van der Waals surface area contributed by atoms with E-state index >= 15 is 0 Å². The summed E-state index contributed by atoms with van der Waals surface area (Å²) in [6.07, 6.45) is 0.0570. The van der Waals surface area contributed by atoms with E-state index in [2.05, 4.69) is 10.1 Å². The molecule has 2 rings (SSSR count). The minimum absolute atomic E-state index is 0.0902. The van der Waals surface area contributed by atoms with Crippen LogP contribution in [0.15, 0.2) is 21.5 Å². The SMILES string of the molecule is Cc1ccc(-c2noc(CCC(=O)O)n2)c(=O)n1CC(C)C. The van der Waals surface area contributed by atoms with Crippen molar-refractivity contribution in [3.05, 3.63) is 34.1 Å². The molecule has 0 aliphatic heterocycles. The van der Waals surface area contributed by atoms with E-state index < -0.39 is 5.97 Å². The Kier molecular flexibility index (Phi) is 4.75. The van der Waals surface area contributed by atoms with E-state index in [1.165, 1.54) is 0 Å². The molecule has 2 aromatic heterocycles. The number of pyridine rings is 1. The van der Waals surface area contributed by atoms with Crippen LogP contribution in [0.2, 0.25) is 0 Å². The van der Waals surface area contributed by atoms with Gasteiger partial charge in [0, 0.05) is 18.7 Å². The molecule has 0 aliphatic carbocycles. The summed E-state index contributed by atoms with van der Waals surface area (Å²) in [6, 6.07) is 3.51. The lowest BCUT2D eigenvalue weighted by atomic mass is 10.2. The lowest BCUT2D eigenvalue weighted by molar-refractivity contribution is -0.137. The molecule has 22 heavy (non-hydrogen) atoms. The van der Waals surface area contributed by atoms with E-state index in [-0.39, 0.29) is 30.1 Å². The number of nitrogens with zero attached hydrogens (tertiary/aromatic N) is 3. The van der Waals surface area contributed by atoms with Gasteiger partial charge in [0.05, 0.1) is 12.0 Å². The number of carboxylic acids is 1. The van der Waals surface area contributed by atoms with Gasteiger partial charge in [-0.1, -0.05) is 19.0 Å². The number of aromatic nitrogens is 3. The third kappa shape index (κ3) is 3.60. The summed E-state index contributed by atoms with van der Waals surface area (Å²) in [5.74, 6) is -0.187. The molecule has 0 amide bonds. The van der Waals surface area contributed by atoms with Gasteiger partial charge in [-0.05, 0) is 25.0 Å². The molecule has 2 aromatic rings. The monoisotopic (exact) mass is 305 g/mol. The molecule has 0 bridgehead atoms. The van der Waals surface area contributed by atoms with Crippen LogP contribution < -0.4 is 5.56 Å². The van der Waals surface area contributed by atoms with E-state index in [0.29, 0.717) is 18.0 Å². The fraction of sp³-hybridized carbons (Fsp3) is 0.467. The van der Waals surface area contributed by atoms with Crippen LogP contribution in [0.5, 0.6) is 0 Å². The molecule has 7 heteroatoms. The predicted octanol–water partition coefficient (Wildman–Crippen LogP) is 1.88. The van der Waals surface area contributed by atoms with Crippen molar-refractivity contribution in [3.63, 3.8) is 0 Å². The first-order valence-electron chi connectivity index (χ1n) is 7.13. The zero-order chi connectivity index (χ0) is 16.3. The van der Waals surface area contributed by atoms with Crippen molar-refractivity contribution < 1.29 is 14.4 Å². The van der Waals surface area contributed by atoms with Crippen LogP contribution in [-0.4, -0.2) is 25.8 Å². The maximum atomic E-state index is 12.5. The number of carboxylic acid groups (broad SMARTS) is 1. The average Bonchev–Trinajstić information content (AvgIpc) is 2.89. The largest absolute Gasteiger partial charge is 0.481 e. The van der Waals surface area contributed by atoms with Crippen molar-refractivity contribution in [2.45, 2.75) is 40.2 Å². The summed E-state index contributed by atoms with van der Waals surface area (Å²) in [5, 5.41) is 12.4. The average molecular weight is 305 g/mol. The molecule has 0 aromatic carbocycles. The molecule has 0 spiro atoms. The smallest absolute Gasteiger partial charge is 0.303 e. The van der Waals surface area contributed by atoms with Gasteiger partial charge in [0.25, 0.3) is 5.56 Å². The second-order valence-corrected chi connectivity index (χ2v) is 5.60. The van der Waals surface area contributed by atoms with Crippen LogP contribution in [0.3, 0.4) is 0 Å². The quantitative estimate of drug-likeness (QED) is 0.875. The number of hydrogen-bond acceptors (Lipinski definition) is 5. The van der Waals surface area contributed by atoms with Gasteiger partial charge in [-0.3, -0.25) is 9.59 Å².